The van der Waals surface area contributed by atoms with Gasteiger partial charge in [0.2, 0.25) is 0 Å². The molecule has 3 aromatic rings. The predicted octanol–water partition coefficient (Wildman–Crippen LogP) is 4.33. The van der Waals surface area contributed by atoms with Crippen molar-refractivity contribution >= 4 is 0 Å². The van der Waals surface area contributed by atoms with Gasteiger partial charge in [0.15, 0.2) is 0 Å². The molecular weight excluding hydrogens is 388 g/mol. The molecule has 6 heteroatoms. The van der Waals surface area contributed by atoms with Crippen molar-refractivity contribution < 1.29 is 10.2 Å². The van der Waals surface area contributed by atoms with Crippen LogP contribution in [0.25, 0.3) is 22.4 Å². The molecule has 31 heavy (non-hydrogen) atoms. The molecule has 1 aromatic heterocycles. The standard InChI is InChI=1S/C25H32N4O2/c1-16(2)20-13-21(23(31)14-22(20)30)25-24(17(3)26-27-25)19-7-5-18(6-8-19)15-29-11-9-28(4)10-12-29/h5-8,13-14,16,30-31H,9-12,15H2,1-4H3,(H,26,27). The van der Waals surface area contributed by atoms with Gasteiger partial charge in [0.05, 0.1) is 0 Å². The minimum Gasteiger partial charge on any atom is -0.508 e. The molecule has 0 amide bonds. The van der Waals surface area contributed by atoms with E-state index in [0.717, 1.165) is 55.1 Å². The number of nitrogens with one attached hydrogen (secondary N) is 1. The summed E-state index contributed by atoms with van der Waals surface area (Å²) >= 11 is 0. The molecule has 1 aliphatic heterocycles. The van der Waals surface area contributed by atoms with Crippen molar-refractivity contribution in [1.29, 1.82) is 0 Å². The normalized spacial score (nSPS) is 15.6. The van der Waals surface area contributed by atoms with E-state index in [4.69, 9.17) is 0 Å². The van der Waals surface area contributed by atoms with Crippen LogP contribution in [0, 0.1) is 6.92 Å². The van der Waals surface area contributed by atoms with Crippen molar-refractivity contribution in [1.82, 2.24) is 20.0 Å². The van der Waals surface area contributed by atoms with Gasteiger partial charge in [-0.2, -0.15) is 5.10 Å². The Morgan fingerprint density at radius 1 is 1.00 bits per heavy atom. The largest absolute Gasteiger partial charge is 0.508 e. The van der Waals surface area contributed by atoms with Gasteiger partial charge in [-0.1, -0.05) is 38.1 Å². The van der Waals surface area contributed by atoms with Crippen molar-refractivity contribution in [3.05, 3.63) is 53.2 Å². The van der Waals surface area contributed by atoms with Crippen LogP contribution in [0.5, 0.6) is 11.5 Å². The Bertz CT molecular complexity index is 1050. The van der Waals surface area contributed by atoms with Gasteiger partial charge in [-0.3, -0.25) is 10.00 Å². The number of hydrogen-bond acceptors (Lipinski definition) is 5. The van der Waals surface area contributed by atoms with Gasteiger partial charge < -0.3 is 15.1 Å². The summed E-state index contributed by atoms with van der Waals surface area (Å²) in [6.07, 6.45) is 0. The summed E-state index contributed by atoms with van der Waals surface area (Å²) in [5.74, 6) is 0.274. The summed E-state index contributed by atoms with van der Waals surface area (Å²) in [7, 11) is 2.17. The maximum absolute atomic E-state index is 10.6. The first-order chi connectivity index (χ1) is 14.8. The number of likely N-dealkylation sites (N-methyl/N-ethyl adjacent to an activating group) is 1. The SMILES string of the molecule is Cc1[nH]nc(-c2cc(C(C)C)c(O)cc2O)c1-c1ccc(CN2CCN(C)CC2)cc1. The van der Waals surface area contributed by atoms with E-state index in [2.05, 4.69) is 51.3 Å². The fraction of sp³-hybridized carbons (Fsp3) is 0.400. The molecule has 2 aromatic carbocycles. The Morgan fingerprint density at radius 3 is 2.32 bits per heavy atom. The molecule has 1 saturated heterocycles. The molecule has 0 bridgehead atoms. The van der Waals surface area contributed by atoms with E-state index in [1.165, 1.54) is 11.6 Å². The highest BCUT2D eigenvalue weighted by atomic mass is 16.3. The smallest absolute Gasteiger partial charge is 0.128 e. The molecule has 164 valence electrons. The van der Waals surface area contributed by atoms with Gasteiger partial charge in [-0.15, -0.1) is 0 Å². The lowest BCUT2D eigenvalue weighted by molar-refractivity contribution is 0.148. The Labute approximate surface area is 184 Å². The Hall–Kier alpha value is -2.83. The van der Waals surface area contributed by atoms with Crippen molar-refractivity contribution in [3.63, 3.8) is 0 Å². The molecule has 0 aliphatic carbocycles. The Balaban J connectivity index is 1.63. The highest BCUT2D eigenvalue weighted by molar-refractivity contribution is 5.85. The van der Waals surface area contributed by atoms with E-state index in [-0.39, 0.29) is 17.4 Å². The van der Waals surface area contributed by atoms with Gasteiger partial charge in [0.25, 0.3) is 0 Å². The van der Waals surface area contributed by atoms with Gasteiger partial charge in [-0.25, -0.2) is 0 Å². The second-order valence-corrected chi connectivity index (χ2v) is 8.93. The summed E-state index contributed by atoms with van der Waals surface area (Å²) in [6.45, 7) is 11.4. The van der Waals surface area contributed by atoms with Crippen molar-refractivity contribution in [2.45, 2.75) is 33.2 Å². The zero-order chi connectivity index (χ0) is 22.1. The number of aromatic nitrogens is 2. The lowest BCUT2D eigenvalue weighted by Crippen LogP contribution is -2.43. The number of aromatic hydroxyl groups is 2. The van der Waals surface area contributed by atoms with E-state index in [9.17, 15) is 10.2 Å². The fourth-order valence-corrected chi connectivity index (χ4v) is 4.26. The molecule has 0 radical (unpaired) electrons. The molecule has 4 rings (SSSR count). The number of phenols is 2. The summed E-state index contributed by atoms with van der Waals surface area (Å²) in [5, 5.41) is 28.3. The van der Waals surface area contributed by atoms with E-state index in [0.29, 0.717) is 11.3 Å². The van der Waals surface area contributed by atoms with Crippen LogP contribution in [0.4, 0.5) is 0 Å². The van der Waals surface area contributed by atoms with E-state index in [1.807, 2.05) is 26.8 Å². The summed E-state index contributed by atoms with van der Waals surface area (Å²) in [5.41, 5.74) is 6.39. The van der Waals surface area contributed by atoms with Crippen molar-refractivity contribution in [2.24, 2.45) is 0 Å². The number of piperazine rings is 1. The van der Waals surface area contributed by atoms with Gasteiger partial charge in [0.1, 0.15) is 17.2 Å². The van der Waals surface area contributed by atoms with Crippen LogP contribution in [0.2, 0.25) is 0 Å². The topological polar surface area (TPSA) is 75.6 Å². The summed E-state index contributed by atoms with van der Waals surface area (Å²) < 4.78 is 0. The molecule has 6 nitrogen and oxygen atoms in total. The van der Waals surface area contributed by atoms with E-state index >= 15 is 0 Å². The molecule has 1 fully saturated rings. The number of aromatic amines is 1. The monoisotopic (exact) mass is 420 g/mol. The number of nitrogens with zero attached hydrogens (tertiary/aromatic N) is 3. The van der Waals surface area contributed by atoms with Crippen LogP contribution in [0.1, 0.15) is 36.6 Å². The lowest BCUT2D eigenvalue weighted by atomic mass is 9.94. The molecule has 3 N–H and O–H groups in total. The minimum atomic E-state index is 0.0290. The number of rotatable bonds is 5. The second-order valence-electron chi connectivity index (χ2n) is 8.93. The van der Waals surface area contributed by atoms with Crippen molar-refractivity contribution in [2.75, 3.05) is 33.2 Å². The molecule has 1 aliphatic rings. The van der Waals surface area contributed by atoms with Gasteiger partial charge in [0, 0.05) is 55.6 Å². The first-order valence-corrected chi connectivity index (χ1v) is 10.9. The Kier molecular flexibility index (Phi) is 6.03. The van der Waals surface area contributed by atoms with Crippen LogP contribution in [0.15, 0.2) is 36.4 Å². The molecule has 0 saturated carbocycles. The maximum Gasteiger partial charge on any atom is 0.128 e. The van der Waals surface area contributed by atoms with Gasteiger partial charge in [-0.05, 0) is 42.6 Å². The molecule has 0 unspecified atom stereocenters. The third-order valence-electron chi connectivity index (χ3n) is 6.21. The maximum atomic E-state index is 10.6. The fourth-order valence-electron chi connectivity index (χ4n) is 4.26. The first-order valence-electron chi connectivity index (χ1n) is 10.9. The quantitative estimate of drug-likeness (QED) is 0.573. The van der Waals surface area contributed by atoms with Crippen LogP contribution < -0.4 is 0 Å². The molecular formula is C25H32N4O2. The third-order valence-corrected chi connectivity index (χ3v) is 6.21. The minimum absolute atomic E-state index is 0.0290. The number of phenolic OH excluding ortho intramolecular Hbond substituents is 2. The lowest BCUT2D eigenvalue weighted by Gasteiger charge is -2.32. The zero-order valence-electron chi connectivity index (χ0n) is 18.8. The third kappa shape index (κ3) is 4.45. The van der Waals surface area contributed by atoms with E-state index < -0.39 is 0 Å². The van der Waals surface area contributed by atoms with Crippen LogP contribution in [-0.4, -0.2) is 63.4 Å². The Morgan fingerprint density at radius 2 is 1.68 bits per heavy atom. The van der Waals surface area contributed by atoms with Crippen LogP contribution in [-0.2, 0) is 6.54 Å². The van der Waals surface area contributed by atoms with Crippen LogP contribution in [0.3, 0.4) is 0 Å². The molecule has 2 heterocycles. The highest BCUT2D eigenvalue weighted by Gasteiger charge is 2.20. The van der Waals surface area contributed by atoms with E-state index in [1.54, 1.807) is 0 Å². The summed E-state index contributed by atoms with van der Waals surface area (Å²) in [6, 6.07) is 11.9. The molecule has 0 atom stereocenters. The first kappa shape index (κ1) is 21.4. The average Bonchev–Trinajstić information content (AvgIpc) is 3.11. The zero-order valence-corrected chi connectivity index (χ0v) is 18.8. The van der Waals surface area contributed by atoms with Gasteiger partial charge >= 0.3 is 0 Å². The summed E-state index contributed by atoms with van der Waals surface area (Å²) in [4.78, 5) is 4.86. The number of H-pyrrole nitrogens is 1. The van der Waals surface area contributed by atoms with Crippen LogP contribution >= 0.6 is 0 Å². The number of hydrogen-bond donors (Lipinski definition) is 3. The number of benzene rings is 2. The highest BCUT2D eigenvalue weighted by Crippen LogP contribution is 2.41. The molecule has 0 spiro atoms. The second kappa shape index (κ2) is 8.73. The average molecular weight is 421 g/mol. The predicted molar refractivity (Wildman–Crippen MR) is 124 cm³/mol. The number of aryl methyl sites for hydroxylation is 1. The van der Waals surface area contributed by atoms with Crippen molar-refractivity contribution in [3.8, 4) is 33.9 Å².